The highest BCUT2D eigenvalue weighted by Crippen LogP contribution is 2.43. The Morgan fingerprint density at radius 1 is 0.581 bits per heavy atom. The fourth-order valence-corrected chi connectivity index (χ4v) is 3.45. The van der Waals surface area contributed by atoms with E-state index in [0.717, 1.165) is 28.2 Å². The summed E-state index contributed by atoms with van der Waals surface area (Å²) in [7, 11) is 8.24. The molecule has 0 heterocycles. The molecule has 31 heavy (non-hydrogen) atoms. The molecule has 0 N–H and O–H groups in total. The van der Waals surface area contributed by atoms with Gasteiger partial charge >= 0.3 is 0 Å². The smallest absolute Gasteiger partial charge is 0.130 e. The third-order valence-corrected chi connectivity index (χ3v) is 5.14. The number of allylic oxidation sites excluding steroid dienone is 1. The number of hydrogen-bond acceptors (Lipinski definition) is 5. The van der Waals surface area contributed by atoms with Crippen LogP contribution in [-0.4, -0.2) is 35.5 Å². The fourth-order valence-electron chi connectivity index (χ4n) is 3.45. The summed E-state index contributed by atoms with van der Waals surface area (Å²) in [5.41, 5.74) is 3.05. The summed E-state index contributed by atoms with van der Waals surface area (Å²) in [5.74, 6) is 3.55. The SMILES string of the molecule is COc1ccc(/C=C/C(c2ccc(OC)cc2)c2c(OC)cc(OC)cc2OC)cc1. The normalized spacial score (nSPS) is 11.8. The lowest BCUT2D eigenvalue weighted by Crippen LogP contribution is -2.05. The Morgan fingerprint density at radius 2 is 1.06 bits per heavy atom. The van der Waals surface area contributed by atoms with Crippen LogP contribution in [0.1, 0.15) is 22.6 Å². The molecule has 0 saturated heterocycles. The first-order valence-electron chi connectivity index (χ1n) is 9.89. The summed E-state index contributed by atoms with van der Waals surface area (Å²) in [6.07, 6.45) is 4.22. The molecule has 1 unspecified atom stereocenters. The van der Waals surface area contributed by atoms with Crippen LogP contribution >= 0.6 is 0 Å². The zero-order chi connectivity index (χ0) is 22.2. The second-order valence-corrected chi connectivity index (χ2v) is 6.83. The molecule has 0 bridgehead atoms. The number of methoxy groups -OCH3 is 5. The molecule has 0 aromatic heterocycles. The monoisotopic (exact) mass is 420 g/mol. The molecule has 0 radical (unpaired) electrons. The molecule has 0 amide bonds. The summed E-state index contributed by atoms with van der Waals surface area (Å²) in [5, 5.41) is 0. The molecule has 1 atom stereocenters. The van der Waals surface area contributed by atoms with E-state index in [2.05, 4.69) is 12.2 Å². The number of rotatable bonds is 9. The van der Waals surface area contributed by atoms with Crippen LogP contribution in [0.3, 0.4) is 0 Å². The molecule has 162 valence electrons. The van der Waals surface area contributed by atoms with E-state index in [9.17, 15) is 0 Å². The van der Waals surface area contributed by atoms with E-state index in [1.54, 1.807) is 35.5 Å². The third-order valence-electron chi connectivity index (χ3n) is 5.14. The van der Waals surface area contributed by atoms with Crippen molar-refractivity contribution in [2.75, 3.05) is 35.5 Å². The van der Waals surface area contributed by atoms with Crippen LogP contribution in [0.2, 0.25) is 0 Å². The van der Waals surface area contributed by atoms with Gasteiger partial charge in [-0.1, -0.05) is 36.4 Å². The van der Waals surface area contributed by atoms with Crippen LogP contribution in [0.15, 0.2) is 66.7 Å². The molecule has 3 rings (SSSR count). The molecule has 3 aromatic carbocycles. The van der Waals surface area contributed by atoms with Gasteiger partial charge in [0.25, 0.3) is 0 Å². The summed E-state index contributed by atoms with van der Waals surface area (Å²) in [6.45, 7) is 0. The number of ether oxygens (including phenoxy) is 5. The average Bonchev–Trinajstić information content (AvgIpc) is 2.84. The van der Waals surface area contributed by atoms with Gasteiger partial charge in [-0.3, -0.25) is 0 Å². The van der Waals surface area contributed by atoms with Crippen molar-refractivity contribution in [1.82, 2.24) is 0 Å². The largest absolute Gasteiger partial charge is 0.497 e. The number of hydrogen-bond donors (Lipinski definition) is 0. The lowest BCUT2D eigenvalue weighted by Gasteiger charge is -2.21. The molecular weight excluding hydrogens is 392 g/mol. The first-order chi connectivity index (χ1) is 15.1. The first kappa shape index (κ1) is 22.1. The van der Waals surface area contributed by atoms with Crippen molar-refractivity contribution < 1.29 is 23.7 Å². The summed E-state index contributed by atoms with van der Waals surface area (Å²) >= 11 is 0. The zero-order valence-corrected chi connectivity index (χ0v) is 18.5. The van der Waals surface area contributed by atoms with Crippen molar-refractivity contribution in [1.29, 1.82) is 0 Å². The minimum absolute atomic E-state index is 0.121. The lowest BCUT2D eigenvalue weighted by atomic mass is 9.88. The average molecular weight is 421 g/mol. The summed E-state index contributed by atoms with van der Waals surface area (Å²) < 4.78 is 27.5. The van der Waals surface area contributed by atoms with E-state index in [0.29, 0.717) is 17.2 Å². The molecular formula is C26H28O5. The number of benzene rings is 3. The van der Waals surface area contributed by atoms with E-state index in [-0.39, 0.29) is 5.92 Å². The summed E-state index contributed by atoms with van der Waals surface area (Å²) in [4.78, 5) is 0. The molecule has 0 spiro atoms. The Kier molecular flexibility index (Phi) is 7.44. The summed E-state index contributed by atoms with van der Waals surface area (Å²) in [6, 6.07) is 19.7. The Labute approximate surface area is 183 Å². The van der Waals surface area contributed by atoms with Gasteiger partial charge in [0.05, 0.1) is 35.5 Å². The highest BCUT2D eigenvalue weighted by Gasteiger charge is 2.22. The maximum atomic E-state index is 5.72. The van der Waals surface area contributed by atoms with E-state index in [1.807, 2.05) is 60.7 Å². The molecule has 0 aliphatic heterocycles. The maximum absolute atomic E-state index is 5.72. The van der Waals surface area contributed by atoms with Gasteiger partial charge in [-0.25, -0.2) is 0 Å². The Bertz CT molecular complexity index is 982. The minimum Gasteiger partial charge on any atom is -0.497 e. The molecule has 0 fully saturated rings. The fraction of sp³-hybridized carbons (Fsp3) is 0.231. The van der Waals surface area contributed by atoms with Gasteiger partial charge in [-0.2, -0.15) is 0 Å². The maximum Gasteiger partial charge on any atom is 0.130 e. The second kappa shape index (κ2) is 10.4. The first-order valence-corrected chi connectivity index (χ1v) is 9.89. The zero-order valence-electron chi connectivity index (χ0n) is 18.5. The van der Waals surface area contributed by atoms with Crippen molar-refractivity contribution >= 4 is 6.08 Å². The van der Waals surface area contributed by atoms with Crippen molar-refractivity contribution in [2.45, 2.75) is 5.92 Å². The third kappa shape index (κ3) is 5.12. The molecule has 0 aliphatic carbocycles. The standard InChI is InChI=1S/C26H28O5/c1-27-20-11-6-18(7-12-20)8-15-23(19-9-13-21(28-2)14-10-19)26-24(30-4)16-22(29-3)17-25(26)31-5/h6-17,23H,1-5H3/b15-8+. The van der Waals surface area contributed by atoms with E-state index in [4.69, 9.17) is 23.7 Å². The highest BCUT2D eigenvalue weighted by atomic mass is 16.5. The molecule has 3 aromatic rings. The van der Waals surface area contributed by atoms with Crippen molar-refractivity contribution in [2.24, 2.45) is 0 Å². The van der Waals surface area contributed by atoms with E-state index >= 15 is 0 Å². The van der Waals surface area contributed by atoms with Gasteiger partial charge in [0.2, 0.25) is 0 Å². The van der Waals surface area contributed by atoms with Gasteiger partial charge in [-0.15, -0.1) is 0 Å². The minimum atomic E-state index is -0.121. The van der Waals surface area contributed by atoms with E-state index < -0.39 is 0 Å². The van der Waals surface area contributed by atoms with Gasteiger partial charge in [0.1, 0.15) is 28.7 Å². The predicted molar refractivity (Wildman–Crippen MR) is 123 cm³/mol. The molecule has 0 saturated carbocycles. The molecule has 5 heteroatoms. The topological polar surface area (TPSA) is 46.2 Å². The van der Waals surface area contributed by atoms with Crippen molar-refractivity contribution in [3.63, 3.8) is 0 Å². The Morgan fingerprint density at radius 3 is 1.52 bits per heavy atom. The predicted octanol–water partition coefficient (Wildman–Crippen LogP) is 5.57. The quantitative estimate of drug-likeness (QED) is 0.453. The van der Waals surface area contributed by atoms with Crippen LogP contribution in [0, 0.1) is 0 Å². The van der Waals surface area contributed by atoms with Crippen LogP contribution in [-0.2, 0) is 0 Å². The lowest BCUT2D eigenvalue weighted by molar-refractivity contribution is 0.368. The van der Waals surface area contributed by atoms with Gasteiger partial charge in [0.15, 0.2) is 0 Å². The van der Waals surface area contributed by atoms with Crippen LogP contribution < -0.4 is 23.7 Å². The van der Waals surface area contributed by atoms with Gasteiger partial charge in [-0.05, 0) is 35.4 Å². The van der Waals surface area contributed by atoms with Gasteiger partial charge in [0, 0.05) is 23.6 Å². The Hall–Kier alpha value is -3.60. The highest BCUT2D eigenvalue weighted by molar-refractivity contribution is 5.60. The van der Waals surface area contributed by atoms with Crippen LogP contribution in [0.5, 0.6) is 28.7 Å². The van der Waals surface area contributed by atoms with E-state index in [1.165, 1.54) is 0 Å². The molecule has 5 nitrogen and oxygen atoms in total. The van der Waals surface area contributed by atoms with Crippen LogP contribution in [0.25, 0.3) is 6.08 Å². The molecule has 0 aliphatic rings. The van der Waals surface area contributed by atoms with Crippen LogP contribution in [0.4, 0.5) is 0 Å². The second-order valence-electron chi connectivity index (χ2n) is 6.83. The van der Waals surface area contributed by atoms with Crippen molar-refractivity contribution in [3.8, 4) is 28.7 Å². The van der Waals surface area contributed by atoms with Crippen molar-refractivity contribution in [3.05, 3.63) is 83.4 Å². The Balaban J connectivity index is 2.12. The van der Waals surface area contributed by atoms with Gasteiger partial charge < -0.3 is 23.7 Å².